The molecule has 4 saturated heterocycles. The summed E-state index contributed by atoms with van der Waals surface area (Å²) in [4.78, 5) is 152. The summed E-state index contributed by atoms with van der Waals surface area (Å²) >= 11 is 0.930. The largest absolute Gasteiger partial charge is 0.438 e. The number of fused-ring (bicyclic) bond motifs is 3. The number of imide groups is 1. The van der Waals surface area contributed by atoms with E-state index in [1.165, 1.54) is 42.7 Å². The van der Waals surface area contributed by atoms with E-state index in [1.54, 1.807) is 17.0 Å². The molecule has 4 unspecified atom stereocenters. The van der Waals surface area contributed by atoms with Crippen LogP contribution in [0.25, 0.3) is 10.1 Å². The number of carbonyl (C=O) groups excluding carboxylic acids is 10. The molecular formula is C63H80F2N9O14PS. The number of nitrogens with two attached hydrogens (primary N) is 1. The summed E-state index contributed by atoms with van der Waals surface area (Å²) in [6, 6.07) is 4.06. The van der Waals surface area contributed by atoms with Gasteiger partial charge in [-0.25, -0.2) is 0 Å². The Kier molecular flexibility index (Phi) is 21.3. The number of piperidine rings is 2. The van der Waals surface area contributed by atoms with Crippen LogP contribution in [0.4, 0.5) is 8.78 Å². The number of halogens is 2. The van der Waals surface area contributed by atoms with Gasteiger partial charge in [0.2, 0.25) is 48.1 Å². The van der Waals surface area contributed by atoms with Gasteiger partial charge in [0.05, 0.1) is 10.3 Å². The van der Waals surface area contributed by atoms with Crippen molar-refractivity contribution < 1.29 is 75.4 Å². The van der Waals surface area contributed by atoms with E-state index in [2.05, 4.69) is 37.6 Å². The number of alkyl halides is 2. The van der Waals surface area contributed by atoms with Crippen LogP contribution in [-0.4, -0.2) is 159 Å². The Morgan fingerprint density at radius 3 is 2.37 bits per heavy atom. The average molecular weight is 1290 g/mol. The monoisotopic (exact) mass is 1290 g/mol. The zero-order valence-electron chi connectivity index (χ0n) is 51.2. The molecule has 23 nitrogen and oxygen atoms in total. The molecule has 486 valence electrons. The first-order valence-electron chi connectivity index (χ1n) is 31.1. The van der Waals surface area contributed by atoms with Crippen LogP contribution < -0.4 is 27.0 Å². The quantitative estimate of drug-likeness (QED) is 0.0266. The number of likely N-dealkylation sites (N-methyl/N-ethyl adjacent to an activating group) is 1. The first-order valence-corrected chi connectivity index (χ1v) is 33.5. The number of benzene rings is 2. The third kappa shape index (κ3) is 15.4. The number of hydrogen-bond acceptors (Lipinski definition) is 15. The Labute approximate surface area is 525 Å². The molecular weight excluding hydrogens is 1210 g/mol. The van der Waals surface area contributed by atoms with Crippen LogP contribution in [0.1, 0.15) is 167 Å². The van der Waals surface area contributed by atoms with Gasteiger partial charge in [-0.1, -0.05) is 50.2 Å². The highest BCUT2D eigenvalue weighted by atomic mass is 32.1. The predicted octanol–water partition coefficient (Wildman–Crippen LogP) is 5.53. The maximum Gasteiger partial charge on any atom is 0.404 e. The summed E-state index contributed by atoms with van der Waals surface area (Å²) in [6.07, 6.45) is 7.93. The van der Waals surface area contributed by atoms with Crippen molar-refractivity contribution in [1.29, 1.82) is 0 Å². The number of amides is 9. The van der Waals surface area contributed by atoms with Crippen molar-refractivity contribution >= 4 is 88.2 Å². The summed E-state index contributed by atoms with van der Waals surface area (Å²) in [6.45, 7) is 7.42. The Morgan fingerprint density at radius 2 is 1.67 bits per heavy atom. The molecule has 0 bridgehead atoms. The Bertz CT molecular complexity index is 3400. The van der Waals surface area contributed by atoms with Gasteiger partial charge >= 0.3 is 19.2 Å². The molecule has 3 aromatic rings. The molecule has 5 fully saturated rings. The second-order valence-electron chi connectivity index (χ2n) is 25.3. The molecule has 27 heteroatoms. The van der Waals surface area contributed by atoms with Gasteiger partial charge in [0.25, 0.3) is 11.8 Å². The molecule has 7 N–H and O–H groups in total. The molecule has 2 aromatic carbocycles. The SMILES string of the molecule is CCN1CC[C@H]2CC[C@@H](C(=O)NC(CCC(N)=O)C(=O)NC(C(=O)N3CCC(CCC#Cc4cccc5c4CN(C4CCC(=O)NC4=O)C5=O)CC3)C3CCCCC3)N2C(=O)[C@@H](NC(=O)c2cc3cc(C(F)(F)P(=O)(O)OCOC(=O)C(C)(C)C)ccc3s2)C1. The van der Waals surface area contributed by atoms with Crippen molar-refractivity contribution in [2.24, 2.45) is 23.0 Å². The molecule has 0 spiro atoms. The van der Waals surface area contributed by atoms with Crippen molar-refractivity contribution in [3.8, 4) is 11.8 Å². The second kappa shape index (κ2) is 28.6. The minimum absolute atomic E-state index is 0.0292. The van der Waals surface area contributed by atoms with E-state index >= 15 is 8.78 Å². The molecule has 7 atom stereocenters. The van der Waals surface area contributed by atoms with Crippen molar-refractivity contribution in [3.63, 3.8) is 0 Å². The van der Waals surface area contributed by atoms with E-state index in [4.69, 9.17) is 10.5 Å². The van der Waals surface area contributed by atoms with Crippen LogP contribution in [0.2, 0.25) is 0 Å². The number of hydrogen-bond donors (Lipinski definition) is 6. The highest BCUT2D eigenvalue weighted by Gasteiger charge is 2.54. The molecule has 1 aliphatic carbocycles. The Morgan fingerprint density at radius 1 is 0.922 bits per heavy atom. The normalized spacial score (nSPS) is 22.6. The number of carbonyl (C=O) groups is 10. The number of primary amides is 1. The van der Waals surface area contributed by atoms with Crippen molar-refractivity contribution in [3.05, 3.63) is 69.6 Å². The molecule has 9 rings (SSSR count). The van der Waals surface area contributed by atoms with Crippen LogP contribution >= 0.6 is 18.9 Å². The number of nitrogens with one attached hydrogen (secondary N) is 4. The summed E-state index contributed by atoms with van der Waals surface area (Å²) in [7, 11) is -5.78. The molecule has 9 amide bonds. The van der Waals surface area contributed by atoms with E-state index in [1.807, 2.05) is 17.9 Å². The van der Waals surface area contributed by atoms with Gasteiger partial charge in [0, 0.05) is 79.4 Å². The molecule has 90 heavy (non-hydrogen) atoms. The fourth-order valence-corrected chi connectivity index (χ4v) is 14.7. The lowest BCUT2D eigenvalue weighted by molar-refractivity contribution is -0.160. The van der Waals surface area contributed by atoms with Crippen LogP contribution in [0, 0.1) is 29.1 Å². The highest BCUT2D eigenvalue weighted by molar-refractivity contribution is 7.53. The van der Waals surface area contributed by atoms with Gasteiger partial charge in [-0.2, -0.15) is 8.78 Å². The minimum atomic E-state index is -5.78. The predicted molar refractivity (Wildman–Crippen MR) is 325 cm³/mol. The Hall–Kier alpha value is -7.17. The highest BCUT2D eigenvalue weighted by Crippen LogP contribution is 2.63. The molecule has 5 aliphatic heterocycles. The lowest BCUT2D eigenvalue weighted by atomic mass is 9.82. The first-order chi connectivity index (χ1) is 42.7. The fraction of sp³-hybridized carbons (Fsp3) is 0.587. The standard InChI is InChI=1S/C63H80F2N9O14PS/c1-5-71-29-28-42-19-21-48(74(42)59(82)46(35-71)68-57(80)50-33-40-32-41(18-23-49(40)90-50)63(64,65)89(85,86)88-36-87-61(84)62(2,3)4)56(79)67-45(20-24-51(66)75)54(77)70-53(39-14-7-6-8-15-39)60(83)72-30-26-37(27-31-72)12-9-10-13-38-16-11-17-43-44(38)34-73(58(43)81)47-22-25-52(76)69-55(47)78/h11,16-18,23,32-33,37,39,42,45-48,53H,5-9,12,14-15,19-22,24-31,34-36H2,1-4H3,(H2,66,75)(H,67,79)(H,68,80)(H,70,77)(H,85,86)(H,69,76,78)/t42-,45?,46+,47?,48+,53?/m1/s1. The van der Waals surface area contributed by atoms with E-state index in [9.17, 15) is 57.4 Å². The molecule has 1 saturated carbocycles. The zero-order valence-corrected chi connectivity index (χ0v) is 52.9. The number of esters is 1. The third-order valence-electron chi connectivity index (χ3n) is 18.2. The van der Waals surface area contributed by atoms with Crippen molar-refractivity contribution in [1.82, 2.24) is 40.9 Å². The molecule has 6 heterocycles. The van der Waals surface area contributed by atoms with Crippen LogP contribution in [0.3, 0.4) is 0 Å². The zero-order chi connectivity index (χ0) is 64.8. The van der Waals surface area contributed by atoms with E-state index in [0.717, 1.165) is 54.7 Å². The smallest absolute Gasteiger partial charge is 0.404 e. The Balaban J connectivity index is 0.827. The van der Waals surface area contributed by atoms with E-state index in [-0.39, 0.29) is 85.0 Å². The number of rotatable bonds is 20. The lowest BCUT2D eigenvalue weighted by Gasteiger charge is -2.39. The van der Waals surface area contributed by atoms with Gasteiger partial charge in [-0.3, -0.25) is 62.4 Å². The van der Waals surface area contributed by atoms with Crippen molar-refractivity contribution in [2.75, 3.05) is 39.5 Å². The van der Waals surface area contributed by atoms with Crippen LogP contribution in [0.5, 0.6) is 0 Å². The maximum absolute atomic E-state index is 15.6. The third-order valence-corrected chi connectivity index (χ3v) is 20.7. The van der Waals surface area contributed by atoms with Gasteiger partial charge in [-0.15, -0.1) is 11.3 Å². The topological polar surface area (TPSA) is 314 Å². The minimum Gasteiger partial charge on any atom is -0.438 e. The fourth-order valence-electron chi connectivity index (χ4n) is 13.0. The van der Waals surface area contributed by atoms with Crippen LogP contribution in [-0.2, 0) is 64.4 Å². The van der Waals surface area contributed by atoms with Gasteiger partial charge < -0.3 is 50.9 Å². The summed E-state index contributed by atoms with van der Waals surface area (Å²) in [5.41, 5.74) is 1.16. The van der Waals surface area contributed by atoms with Crippen molar-refractivity contribution in [2.45, 2.75) is 179 Å². The molecule has 0 radical (unpaired) electrons. The van der Waals surface area contributed by atoms with E-state index < -0.39 is 109 Å². The lowest BCUT2D eigenvalue weighted by Crippen LogP contribution is -2.62. The van der Waals surface area contributed by atoms with Gasteiger partial charge in [-0.05, 0) is 145 Å². The number of likely N-dealkylation sites (tertiary alicyclic amines) is 1. The second-order valence-corrected chi connectivity index (χ2v) is 28.3. The summed E-state index contributed by atoms with van der Waals surface area (Å²) < 4.78 is 53.7. The summed E-state index contributed by atoms with van der Waals surface area (Å²) in [5, 5.41) is 11.1. The number of ether oxygens (including phenoxy) is 1. The number of nitrogens with zero attached hydrogens (tertiary/aromatic N) is 4. The van der Waals surface area contributed by atoms with Gasteiger partial charge in [0.1, 0.15) is 30.2 Å². The average Bonchev–Trinajstić information content (AvgIpc) is 1.51. The van der Waals surface area contributed by atoms with Gasteiger partial charge in [0.15, 0.2) is 0 Å². The molecule has 6 aliphatic rings. The number of thiophene rings is 1. The molecule has 1 aromatic heterocycles. The maximum atomic E-state index is 15.6. The summed E-state index contributed by atoms with van der Waals surface area (Å²) in [5.74, 6) is 1.07. The first kappa shape index (κ1) is 67.2. The van der Waals surface area contributed by atoms with Crippen LogP contribution in [0.15, 0.2) is 42.5 Å². The van der Waals surface area contributed by atoms with E-state index in [0.29, 0.717) is 87.0 Å².